The van der Waals surface area contributed by atoms with Gasteiger partial charge in [-0.3, -0.25) is 9.59 Å². The van der Waals surface area contributed by atoms with Crippen molar-refractivity contribution in [2.45, 2.75) is 51.5 Å². The number of rotatable bonds is 7. The number of amides is 3. The van der Waals surface area contributed by atoms with Crippen molar-refractivity contribution < 1.29 is 19.5 Å². The number of hydrogen-bond acceptors (Lipinski definition) is 3. The monoisotopic (exact) mass is 299 g/mol. The highest BCUT2D eigenvalue weighted by molar-refractivity contribution is 5.84. The summed E-state index contributed by atoms with van der Waals surface area (Å²) in [6, 6.07) is -0.473. The van der Waals surface area contributed by atoms with E-state index in [0.29, 0.717) is 25.9 Å². The first-order chi connectivity index (χ1) is 9.92. The normalized spacial score (nSPS) is 16.3. The molecule has 7 nitrogen and oxygen atoms in total. The lowest BCUT2D eigenvalue weighted by molar-refractivity contribution is -0.138. The van der Waals surface area contributed by atoms with E-state index in [0.717, 1.165) is 12.8 Å². The predicted molar refractivity (Wildman–Crippen MR) is 77.9 cm³/mol. The summed E-state index contributed by atoms with van der Waals surface area (Å²) >= 11 is 0. The molecule has 21 heavy (non-hydrogen) atoms. The quantitative estimate of drug-likeness (QED) is 0.651. The molecule has 0 atom stereocenters. The zero-order valence-corrected chi connectivity index (χ0v) is 12.8. The molecule has 120 valence electrons. The summed E-state index contributed by atoms with van der Waals surface area (Å²) in [4.78, 5) is 36.3. The molecule has 0 bridgehead atoms. The zero-order valence-electron chi connectivity index (χ0n) is 12.8. The number of likely N-dealkylation sites (N-methyl/N-ethyl adjacent to an activating group) is 1. The Morgan fingerprint density at radius 2 is 1.71 bits per heavy atom. The smallest absolute Gasteiger partial charge is 0.315 e. The lowest BCUT2D eigenvalue weighted by Crippen LogP contribution is -2.53. The summed E-state index contributed by atoms with van der Waals surface area (Å²) in [6.07, 6.45) is 3.07. The van der Waals surface area contributed by atoms with Gasteiger partial charge in [0, 0.05) is 13.1 Å². The van der Waals surface area contributed by atoms with Crippen molar-refractivity contribution in [2.24, 2.45) is 0 Å². The molecule has 0 unspecified atom stereocenters. The molecule has 3 amide bonds. The lowest BCUT2D eigenvalue weighted by Gasteiger charge is -2.29. The molecule has 1 aliphatic rings. The Morgan fingerprint density at radius 1 is 1.14 bits per heavy atom. The van der Waals surface area contributed by atoms with Crippen molar-refractivity contribution in [2.75, 3.05) is 19.6 Å². The van der Waals surface area contributed by atoms with Crippen LogP contribution in [0.4, 0.5) is 4.79 Å². The van der Waals surface area contributed by atoms with Crippen LogP contribution in [0.25, 0.3) is 0 Å². The fraction of sp³-hybridized carbons (Fsp3) is 0.786. The fourth-order valence-corrected chi connectivity index (χ4v) is 2.82. The number of hydrogen-bond donors (Lipinski definition) is 3. The molecule has 0 aliphatic heterocycles. The van der Waals surface area contributed by atoms with Crippen molar-refractivity contribution >= 4 is 17.9 Å². The first-order valence-electron chi connectivity index (χ1n) is 7.48. The Morgan fingerprint density at radius 3 is 2.19 bits per heavy atom. The average Bonchev–Trinajstić information content (AvgIpc) is 2.85. The molecule has 0 aromatic rings. The highest BCUT2D eigenvalue weighted by Crippen LogP contribution is 2.32. The van der Waals surface area contributed by atoms with Crippen LogP contribution >= 0.6 is 0 Å². The fourth-order valence-electron chi connectivity index (χ4n) is 2.82. The molecule has 0 aromatic carbocycles. The third kappa shape index (κ3) is 5.24. The third-order valence-corrected chi connectivity index (χ3v) is 3.95. The molecule has 1 rings (SSSR count). The summed E-state index contributed by atoms with van der Waals surface area (Å²) in [5, 5.41) is 14.2. The number of carboxylic acid groups (broad SMARTS) is 1. The molecule has 1 fully saturated rings. The van der Waals surface area contributed by atoms with Crippen molar-refractivity contribution in [3.05, 3.63) is 0 Å². The van der Waals surface area contributed by atoms with Gasteiger partial charge in [-0.05, 0) is 26.7 Å². The first kappa shape index (κ1) is 17.3. The highest BCUT2D eigenvalue weighted by atomic mass is 16.4. The van der Waals surface area contributed by atoms with E-state index in [-0.39, 0.29) is 18.9 Å². The van der Waals surface area contributed by atoms with Gasteiger partial charge in [0.1, 0.15) is 0 Å². The van der Waals surface area contributed by atoms with Gasteiger partial charge in [-0.25, -0.2) is 4.79 Å². The van der Waals surface area contributed by atoms with E-state index >= 15 is 0 Å². The lowest BCUT2D eigenvalue weighted by atomic mass is 9.93. The second-order valence-corrected chi connectivity index (χ2v) is 5.43. The van der Waals surface area contributed by atoms with Crippen molar-refractivity contribution in [3.8, 4) is 0 Å². The highest BCUT2D eigenvalue weighted by Gasteiger charge is 2.37. The van der Waals surface area contributed by atoms with Crippen molar-refractivity contribution in [3.63, 3.8) is 0 Å². The third-order valence-electron chi connectivity index (χ3n) is 3.95. The van der Waals surface area contributed by atoms with E-state index in [1.54, 1.807) is 4.90 Å². The SMILES string of the molecule is CCN(CC)C(=O)CNC(=O)NC1(CC(=O)O)CCCC1. The van der Waals surface area contributed by atoms with Crippen molar-refractivity contribution in [1.29, 1.82) is 0 Å². The number of carboxylic acids is 1. The van der Waals surface area contributed by atoms with Gasteiger partial charge in [0.05, 0.1) is 18.5 Å². The minimum Gasteiger partial charge on any atom is -0.481 e. The Labute approximate surface area is 125 Å². The van der Waals surface area contributed by atoms with Gasteiger partial charge in [0.2, 0.25) is 5.91 Å². The van der Waals surface area contributed by atoms with E-state index in [4.69, 9.17) is 5.11 Å². The van der Waals surface area contributed by atoms with E-state index < -0.39 is 17.5 Å². The van der Waals surface area contributed by atoms with Crippen LogP contribution in [0.5, 0.6) is 0 Å². The Bertz CT molecular complexity index is 388. The molecule has 0 heterocycles. The van der Waals surface area contributed by atoms with Crippen LogP contribution < -0.4 is 10.6 Å². The topological polar surface area (TPSA) is 98.7 Å². The zero-order chi connectivity index (χ0) is 15.9. The van der Waals surface area contributed by atoms with Crippen molar-refractivity contribution in [1.82, 2.24) is 15.5 Å². The Hall–Kier alpha value is -1.79. The second-order valence-electron chi connectivity index (χ2n) is 5.43. The predicted octanol–water partition coefficient (Wildman–Crippen LogP) is 0.941. The first-order valence-corrected chi connectivity index (χ1v) is 7.48. The Kier molecular flexibility index (Phi) is 6.45. The molecule has 0 aromatic heterocycles. The standard InChI is InChI=1S/C14H25N3O4/c1-3-17(4-2)11(18)10-15-13(21)16-14(9-12(19)20)7-5-6-8-14/h3-10H2,1-2H3,(H,19,20)(H2,15,16,21). The Balaban J connectivity index is 2.48. The second kappa shape index (κ2) is 7.85. The molecule has 7 heteroatoms. The average molecular weight is 299 g/mol. The van der Waals surface area contributed by atoms with E-state index in [1.807, 2.05) is 13.8 Å². The van der Waals surface area contributed by atoms with E-state index in [1.165, 1.54) is 0 Å². The number of nitrogens with zero attached hydrogens (tertiary/aromatic N) is 1. The van der Waals surface area contributed by atoms with E-state index in [2.05, 4.69) is 10.6 Å². The van der Waals surface area contributed by atoms with Crippen LogP contribution in [-0.2, 0) is 9.59 Å². The van der Waals surface area contributed by atoms with Crippen LogP contribution in [0, 0.1) is 0 Å². The number of carbonyl (C=O) groups excluding carboxylic acids is 2. The van der Waals surface area contributed by atoms with Gasteiger partial charge in [0.25, 0.3) is 0 Å². The summed E-state index contributed by atoms with van der Waals surface area (Å²) in [6.45, 7) is 4.88. The molecule has 3 N–H and O–H groups in total. The molecule has 0 spiro atoms. The van der Waals surface area contributed by atoms with Crippen LogP contribution in [0.3, 0.4) is 0 Å². The van der Waals surface area contributed by atoms with E-state index in [9.17, 15) is 14.4 Å². The minimum atomic E-state index is -0.920. The largest absolute Gasteiger partial charge is 0.481 e. The number of nitrogens with one attached hydrogen (secondary N) is 2. The maximum atomic E-state index is 11.9. The van der Waals surface area contributed by atoms with Gasteiger partial charge in [-0.2, -0.15) is 0 Å². The summed E-state index contributed by atoms with van der Waals surface area (Å²) < 4.78 is 0. The van der Waals surface area contributed by atoms with Gasteiger partial charge in [-0.15, -0.1) is 0 Å². The minimum absolute atomic E-state index is 0.0728. The number of carbonyl (C=O) groups is 3. The van der Waals surface area contributed by atoms with Gasteiger partial charge < -0.3 is 20.6 Å². The maximum Gasteiger partial charge on any atom is 0.315 e. The molecule has 0 radical (unpaired) electrons. The van der Waals surface area contributed by atoms with Gasteiger partial charge in [0.15, 0.2) is 0 Å². The molecule has 1 aliphatic carbocycles. The van der Waals surface area contributed by atoms with Gasteiger partial charge in [-0.1, -0.05) is 12.8 Å². The van der Waals surface area contributed by atoms with Crippen LogP contribution in [-0.4, -0.2) is 53.1 Å². The molecule has 1 saturated carbocycles. The number of aliphatic carboxylic acids is 1. The van der Waals surface area contributed by atoms with Gasteiger partial charge >= 0.3 is 12.0 Å². The number of urea groups is 1. The molecule has 0 saturated heterocycles. The summed E-state index contributed by atoms with van der Waals surface area (Å²) in [5.41, 5.74) is -0.672. The molecular formula is C14H25N3O4. The summed E-state index contributed by atoms with van der Waals surface area (Å²) in [7, 11) is 0. The molecular weight excluding hydrogens is 274 g/mol. The van der Waals surface area contributed by atoms with Crippen LogP contribution in [0.1, 0.15) is 46.0 Å². The van der Waals surface area contributed by atoms with Crippen LogP contribution in [0.15, 0.2) is 0 Å². The van der Waals surface area contributed by atoms with Crippen LogP contribution in [0.2, 0.25) is 0 Å². The summed E-state index contributed by atoms with van der Waals surface area (Å²) in [5.74, 6) is -1.06. The maximum absolute atomic E-state index is 11.9.